The van der Waals surface area contributed by atoms with Gasteiger partial charge in [-0.1, -0.05) is 33.0 Å². The Morgan fingerprint density at radius 1 is 1.44 bits per heavy atom. The fourth-order valence-electron chi connectivity index (χ4n) is 1.48. The molecule has 0 aromatic heterocycles. The van der Waals surface area contributed by atoms with Gasteiger partial charge in [-0.2, -0.15) is 0 Å². The van der Waals surface area contributed by atoms with Crippen molar-refractivity contribution in [3.05, 3.63) is 29.6 Å². The number of halogens is 1. The summed E-state index contributed by atoms with van der Waals surface area (Å²) in [6.45, 7) is 5.91. The summed E-state index contributed by atoms with van der Waals surface area (Å²) in [6.07, 6.45) is 0.382. The van der Waals surface area contributed by atoms with E-state index in [1.54, 1.807) is 0 Å². The lowest BCUT2D eigenvalue weighted by Crippen LogP contribution is -2.20. The van der Waals surface area contributed by atoms with Crippen LogP contribution in [0.4, 0.5) is 10.1 Å². The third kappa shape index (κ3) is 4.41. The van der Waals surface area contributed by atoms with Gasteiger partial charge in [0.25, 0.3) is 0 Å². The highest BCUT2D eigenvalue weighted by Crippen LogP contribution is 2.20. The van der Waals surface area contributed by atoms with Gasteiger partial charge in [-0.05, 0) is 23.6 Å². The number of carbonyl (C=O) groups is 1. The first-order chi connectivity index (χ1) is 8.19. The molecular weight excluding hydrogens is 251 g/mol. The van der Waals surface area contributed by atoms with Crippen molar-refractivity contribution in [2.75, 3.05) is 5.32 Å². The van der Waals surface area contributed by atoms with Crippen LogP contribution >= 0.6 is 12.2 Å². The minimum Gasteiger partial charge on any atom is -0.389 e. The van der Waals surface area contributed by atoms with Crippen LogP contribution in [0.1, 0.15) is 32.8 Å². The SMILES string of the molecule is CC(C)(C)CC(=O)Nc1ccc(F)c(C(N)=S)c1. The van der Waals surface area contributed by atoms with E-state index in [2.05, 4.69) is 5.32 Å². The van der Waals surface area contributed by atoms with E-state index in [4.69, 9.17) is 18.0 Å². The largest absolute Gasteiger partial charge is 0.389 e. The molecule has 1 amide bonds. The molecule has 3 N–H and O–H groups in total. The quantitative estimate of drug-likeness (QED) is 0.829. The second-order valence-electron chi connectivity index (χ2n) is 5.34. The number of hydrogen-bond acceptors (Lipinski definition) is 2. The van der Waals surface area contributed by atoms with E-state index in [9.17, 15) is 9.18 Å². The summed E-state index contributed by atoms with van der Waals surface area (Å²) in [6, 6.07) is 4.16. The maximum absolute atomic E-state index is 13.3. The lowest BCUT2D eigenvalue weighted by atomic mass is 9.92. The molecule has 0 unspecified atom stereocenters. The Morgan fingerprint density at radius 2 is 2.06 bits per heavy atom. The molecule has 5 heteroatoms. The van der Waals surface area contributed by atoms with Gasteiger partial charge in [0.2, 0.25) is 5.91 Å². The number of rotatable bonds is 3. The first-order valence-electron chi connectivity index (χ1n) is 5.58. The van der Waals surface area contributed by atoms with E-state index in [0.29, 0.717) is 12.1 Å². The van der Waals surface area contributed by atoms with E-state index in [1.165, 1.54) is 18.2 Å². The fourth-order valence-corrected chi connectivity index (χ4v) is 1.64. The second kappa shape index (κ2) is 5.44. The molecule has 0 bridgehead atoms. The standard InChI is InChI=1S/C13H17FN2OS/c1-13(2,3)7-11(17)16-8-4-5-10(14)9(6-8)12(15)18/h4-6H,7H2,1-3H3,(H2,15,18)(H,16,17). The Bertz CT molecular complexity index is 480. The van der Waals surface area contributed by atoms with Gasteiger partial charge in [0, 0.05) is 17.7 Å². The molecule has 3 nitrogen and oxygen atoms in total. The van der Waals surface area contributed by atoms with Crippen molar-refractivity contribution in [3.63, 3.8) is 0 Å². The Morgan fingerprint density at radius 3 is 2.56 bits per heavy atom. The second-order valence-corrected chi connectivity index (χ2v) is 5.78. The minimum absolute atomic E-state index is 0.0283. The highest BCUT2D eigenvalue weighted by molar-refractivity contribution is 7.80. The van der Waals surface area contributed by atoms with Crippen molar-refractivity contribution >= 4 is 28.8 Å². The lowest BCUT2D eigenvalue weighted by Gasteiger charge is -2.17. The van der Waals surface area contributed by atoms with Gasteiger partial charge in [-0.3, -0.25) is 4.79 Å². The monoisotopic (exact) mass is 268 g/mol. The maximum Gasteiger partial charge on any atom is 0.224 e. The van der Waals surface area contributed by atoms with Crippen molar-refractivity contribution in [1.29, 1.82) is 0 Å². The third-order valence-electron chi connectivity index (χ3n) is 2.21. The zero-order valence-electron chi connectivity index (χ0n) is 10.7. The summed E-state index contributed by atoms with van der Waals surface area (Å²) in [7, 11) is 0. The molecule has 0 saturated carbocycles. The van der Waals surface area contributed by atoms with Crippen LogP contribution in [0.3, 0.4) is 0 Å². The van der Waals surface area contributed by atoms with Crippen molar-refractivity contribution < 1.29 is 9.18 Å². The number of benzene rings is 1. The van der Waals surface area contributed by atoms with Crippen LogP contribution in [0.5, 0.6) is 0 Å². The first-order valence-corrected chi connectivity index (χ1v) is 5.99. The summed E-state index contributed by atoms with van der Waals surface area (Å²) in [5.41, 5.74) is 5.93. The maximum atomic E-state index is 13.3. The molecule has 0 radical (unpaired) electrons. The summed E-state index contributed by atoms with van der Waals surface area (Å²) in [4.78, 5) is 11.7. The molecule has 98 valence electrons. The molecule has 0 aliphatic carbocycles. The Hall–Kier alpha value is -1.49. The van der Waals surface area contributed by atoms with E-state index in [1.807, 2.05) is 20.8 Å². The highest BCUT2D eigenvalue weighted by atomic mass is 32.1. The Labute approximate surface area is 112 Å². The van der Waals surface area contributed by atoms with E-state index in [-0.39, 0.29) is 21.9 Å². The number of nitrogens with two attached hydrogens (primary N) is 1. The Balaban J connectivity index is 2.83. The molecule has 0 heterocycles. The minimum atomic E-state index is -0.490. The van der Waals surface area contributed by atoms with Crippen LogP contribution in [0.25, 0.3) is 0 Å². The number of thiocarbonyl (C=S) groups is 1. The summed E-state index contributed by atoms with van der Waals surface area (Å²) in [5, 5.41) is 2.70. The van der Waals surface area contributed by atoms with E-state index >= 15 is 0 Å². The molecule has 18 heavy (non-hydrogen) atoms. The third-order valence-corrected chi connectivity index (χ3v) is 2.43. The van der Waals surface area contributed by atoms with Gasteiger partial charge in [0.1, 0.15) is 10.8 Å². The van der Waals surface area contributed by atoms with Crippen molar-refractivity contribution in [3.8, 4) is 0 Å². The predicted molar refractivity (Wildman–Crippen MR) is 75.0 cm³/mol. The molecular formula is C13H17FN2OS. The molecule has 0 spiro atoms. The van der Waals surface area contributed by atoms with Crippen molar-refractivity contribution in [1.82, 2.24) is 0 Å². The van der Waals surface area contributed by atoms with Crippen molar-refractivity contribution in [2.45, 2.75) is 27.2 Å². The highest BCUT2D eigenvalue weighted by Gasteiger charge is 2.16. The number of anilines is 1. The predicted octanol–water partition coefficient (Wildman–Crippen LogP) is 2.83. The van der Waals surface area contributed by atoms with Crippen LogP contribution in [0, 0.1) is 11.2 Å². The summed E-state index contributed by atoms with van der Waals surface area (Å²) < 4.78 is 13.3. The van der Waals surface area contributed by atoms with Crippen molar-refractivity contribution in [2.24, 2.45) is 11.1 Å². The average Bonchev–Trinajstić information content (AvgIpc) is 2.17. The van der Waals surface area contributed by atoms with Gasteiger partial charge >= 0.3 is 0 Å². The molecule has 1 rings (SSSR count). The lowest BCUT2D eigenvalue weighted by molar-refractivity contribution is -0.117. The molecule has 0 fully saturated rings. The average molecular weight is 268 g/mol. The first kappa shape index (κ1) is 14.6. The molecule has 0 aliphatic heterocycles. The normalized spacial score (nSPS) is 11.1. The van der Waals surface area contributed by atoms with E-state index in [0.717, 1.165) is 0 Å². The topological polar surface area (TPSA) is 55.1 Å². The van der Waals surface area contributed by atoms with Gasteiger partial charge in [0.15, 0.2) is 0 Å². The number of nitrogens with one attached hydrogen (secondary N) is 1. The smallest absolute Gasteiger partial charge is 0.224 e. The van der Waals surface area contributed by atoms with E-state index < -0.39 is 5.82 Å². The number of carbonyl (C=O) groups excluding carboxylic acids is 1. The fraction of sp³-hybridized carbons (Fsp3) is 0.385. The zero-order valence-corrected chi connectivity index (χ0v) is 11.5. The summed E-state index contributed by atoms with van der Waals surface area (Å²) in [5.74, 6) is -0.612. The molecule has 1 aromatic rings. The van der Waals surface area contributed by atoms with Crippen LogP contribution < -0.4 is 11.1 Å². The number of hydrogen-bond donors (Lipinski definition) is 2. The van der Waals surface area contributed by atoms with Crippen LogP contribution in [-0.2, 0) is 4.79 Å². The van der Waals surface area contributed by atoms with Gasteiger partial charge < -0.3 is 11.1 Å². The molecule has 0 atom stereocenters. The zero-order chi connectivity index (χ0) is 13.9. The van der Waals surface area contributed by atoms with Gasteiger partial charge in [-0.15, -0.1) is 0 Å². The molecule has 0 saturated heterocycles. The Kier molecular flexibility index (Phi) is 4.40. The van der Waals surface area contributed by atoms with Crippen LogP contribution in [0.2, 0.25) is 0 Å². The van der Waals surface area contributed by atoms with Gasteiger partial charge in [-0.25, -0.2) is 4.39 Å². The molecule has 0 aliphatic rings. The number of amides is 1. The van der Waals surface area contributed by atoms with Crippen LogP contribution in [-0.4, -0.2) is 10.9 Å². The van der Waals surface area contributed by atoms with Crippen LogP contribution in [0.15, 0.2) is 18.2 Å². The summed E-state index contributed by atoms with van der Waals surface area (Å²) >= 11 is 4.74. The molecule has 1 aromatic carbocycles. The van der Waals surface area contributed by atoms with Gasteiger partial charge in [0.05, 0.1) is 0 Å².